The predicted octanol–water partition coefficient (Wildman–Crippen LogP) is 1.87. The lowest BCUT2D eigenvalue weighted by Crippen LogP contribution is -2.23. The second-order valence-electron chi connectivity index (χ2n) is 3.78. The molecule has 0 spiro atoms. The number of halogens is 1. The normalized spacial score (nSPS) is 12.1. The molecule has 0 saturated carbocycles. The van der Waals surface area contributed by atoms with E-state index in [0.717, 1.165) is 10.2 Å². The molecule has 0 fully saturated rings. The molecule has 6 nitrogen and oxygen atoms in total. The number of anilines is 1. The minimum absolute atomic E-state index is 0.119. The van der Waals surface area contributed by atoms with Crippen LogP contribution in [-0.4, -0.2) is 26.0 Å². The largest absolute Gasteiger partial charge is 0.336 e. The molecule has 2 aromatic rings. The van der Waals surface area contributed by atoms with E-state index in [9.17, 15) is 4.79 Å². The minimum Gasteiger partial charge on any atom is -0.336 e. The number of benzene rings is 1. The summed E-state index contributed by atoms with van der Waals surface area (Å²) >= 11 is 4.60. The number of rotatable bonds is 4. The molecule has 0 aliphatic carbocycles. The van der Waals surface area contributed by atoms with Crippen molar-refractivity contribution in [2.75, 3.05) is 11.2 Å². The lowest BCUT2D eigenvalue weighted by Gasteiger charge is -2.11. The maximum absolute atomic E-state index is 12.0. The van der Waals surface area contributed by atoms with Gasteiger partial charge in [0.05, 0.1) is 5.25 Å². The Labute approximate surface area is 122 Å². The van der Waals surface area contributed by atoms with Gasteiger partial charge in [0.15, 0.2) is 0 Å². The molecule has 1 atom stereocenters. The van der Waals surface area contributed by atoms with E-state index in [1.165, 1.54) is 22.8 Å². The zero-order chi connectivity index (χ0) is 13.8. The second kappa shape index (κ2) is 6.07. The van der Waals surface area contributed by atoms with Crippen LogP contribution in [0.2, 0.25) is 0 Å². The van der Waals surface area contributed by atoms with Crippen molar-refractivity contribution >= 4 is 39.3 Å². The third-order valence-electron chi connectivity index (χ3n) is 2.28. The zero-order valence-electron chi connectivity index (χ0n) is 10.1. The average molecular weight is 342 g/mol. The topological polar surface area (TPSA) is 85.8 Å². The fourth-order valence-electron chi connectivity index (χ4n) is 1.34. The Hall–Kier alpha value is -1.54. The molecule has 8 heteroatoms. The fraction of sp³-hybridized carbons (Fsp3) is 0.182. The highest BCUT2D eigenvalue weighted by molar-refractivity contribution is 9.10. The third kappa shape index (κ3) is 3.71. The Morgan fingerprint density at radius 3 is 3.00 bits per heavy atom. The highest BCUT2D eigenvalue weighted by Crippen LogP contribution is 2.21. The molecule has 0 bridgehead atoms. The van der Waals surface area contributed by atoms with Crippen molar-refractivity contribution in [3.05, 3.63) is 35.1 Å². The molecule has 0 radical (unpaired) electrons. The SMILES string of the molecule is C[C@H](Sc1nncn1N)C(=O)Nc1cccc(Br)c1. The van der Waals surface area contributed by atoms with Crippen molar-refractivity contribution in [2.24, 2.45) is 0 Å². The summed E-state index contributed by atoms with van der Waals surface area (Å²) in [5.41, 5.74) is 0.737. The van der Waals surface area contributed by atoms with E-state index in [1.54, 1.807) is 6.92 Å². The van der Waals surface area contributed by atoms with Gasteiger partial charge in [-0.2, -0.15) is 0 Å². The van der Waals surface area contributed by atoms with E-state index in [1.807, 2.05) is 24.3 Å². The smallest absolute Gasteiger partial charge is 0.237 e. The highest BCUT2D eigenvalue weighted by Gasteiger charge is 2.17. The first-order valence-electron chi connectivity index (χ1n) is 5.44. The summed E-state index contributed by atoms with van der Waals surface area (Å²) in [4.78, 5) is 12.0. The van der Waals surface area contributed by atoms with Gasteiger partial charge >= 0.3 is 0 Å². The van der Waals surface area contributed by atoms with E-state index in [2.05, 4.69) is 31.4 Å². The summed E-state index contributed by atoms with van der Waals surface area (Å²) in [5, 5.41) is 10.5. The summed E-state index contributed by atoms with van der Waals surface area (Å²) < 4.78 is 2.19. The van der Waals surface area contributed by atoms with Gasteiger partial charge in [-0.25, -0.2) is 4.68 Å². The number of hydrogen-bond acceptors (Lipinski definition) is 5. The van der Waals surface area contributed by atoms with E-state index in [4.69, 9.17) is 5.84 Å². The van der Waals surface area contributed by atoms with Gasteiger partial charge in [-0.3, -0.25) is 4.79 Å². The summed E-state index contributed by atoms with van der Waals surface area (Å²) in [6.07, 6.45) is 1.39. The van der Waals surface area contributed by atoms with Crippen molar-refractivity contribution in [2.45, 2.75) is 17.3 Å². The van der Waals surface area contributed by atoms with E-state index >= 15 is 0 Å². The highest BCUT2D eigenvalue weighted by atomic mass is 79.9. The number of hydrogen-bond donors (Lipinski definition) is 2. The van der Waals surface area contributed by atoms with Gasteiger partial charge in [0.1, 0.15) is 6.33 Å². The molecular weight excluding hydrogens is 330 g/mol. The van der Waals surface area contributed by atoms with Gasteiger partial charge in [-0.05, 0) is 25.1 Å². The van der Waals surface area contributed by atoms with Crippen LogP contribution in [0, 0.1) is 0 Å². The van der Waals surface area contributed by atoms with Gasteiger partial charge in [0.2, 0.25) is 11.1 Å². The Kier molecular flexibility index (Phi) is 4.43. The number of carbonyl (C=O) groups is 1. The Balaban J connectivity index is 1.98. The number of amides is 1. The van der Waals surface area contributed by atoms with E-state index < -0.39 is 0 Å². The van der Waals surface area contributed by atoms with Crippen LogP contribution in [0.15, 0.2) is 40.2 Å². The summed E-state index contributed by atoms with van der Waals surface area (Å²) in [6, 6.07) is 7.41. The van der Waals surface area contributed by atoms with Gasteiger partial charge in [0.25, 0.3) is 0 Å². The Morgan fingerprint density at radius 2 is 2.37 bits per heavy atom. The Bertz CT molecular complexity index is 588. The van der Waals surface area contributed by atoms with Gasteiger partial charge in [-0.15, -0.1) is 10.2 Å². The van der Waals surface area contributed by atoms with Crippen LogP contribution < -0.4 is 11.2 Å². The maximum atomic E-state index is 12.0. The molecule has 0 aliphatic heterocycles. The first-order chi connectivity index (χ1) is 9.06. The molecule has 0 saturated heterocycles. The monoisotopic (exact) mass is 341 g/mol. The molecule has 0 unspecified atom stereocenters. The van der Waals surface area contributed by atoms with Crippen molar-refractivity contribution in [3.63, 3.8) is 0 Å². The van der Waals surface area contributed by atoms with Crippen LogP contribution in [0.25, 0.3) is 0 Å². The number of carbonyl (C=O) groups excluding carboxylic acids is 1. The second-order valence-corrected chi connectivity index (χ2v) is 6.00. The van der Waals surface area contributed by atoms with Gasteiger partial charge in [-0.1, -0.05) is 33.8 Å². The lowest BCUT2D eigenvalue weighted by atomic mass is 10.3. The van der Waals surface area contributed by atoms with Crippen LogP contribution >= 0.6 is 27.7 Å². The van der Waals surface area contributed by atoms with Crippen LogP contribution in [0.3, 0.4) is 0 Å². The van der Waals surface area contributed by atoms with Crippen molar-refractivity contribution in [1.82, 2.24) is 14.9 Å². The van der Waals surface area contributed by atoms with Crippen molar-refractivity contribution in [1.29, 1.82) is 0 Å². The number of nitrogens with zero attached hydrogens (tertiary/aromatic N) is 3. The maximum Gasteiger partial charge on any atom is 0.237 e. The predicted molar refractivity (Wildman–Crippen MR) is 78.3 cm³/mol. The number of thioether (sulfide) groups is 1. The quantitative estimate of drug-likeness (QED) is 0.654. The third-order valence-corrected chi connectivity index (χ3v) is 3.85. The number of nitrogens with two attached hydrogens (primary N) is 1. The fourth-order valence-corrected chi connectivity index (χ4v) is 2.48. The van der Waals surface area contributed by atoms with E-state index in [0.29, 0.717) is 5.16 Å². The average Bonchev–Trinajstić information content (AvgIpc) is 2.75. The van der Waals surface area contributed by atoms with E-state index in [-0.39, 0.29) is 11.2 Å². The molecule has 19 heavy (non-hydrogen) atoms. The molecule has 1 aromatic carbocycles. The minimum atomic E-state index is -0.328. The van der Waals surface area contributed by atoms with Crippen LogP contribution in [0.5, 0.6) is 0 Å². The van der Waals surface area contributed by atoms with Gasteiger partial charge in [0, 0.05) is 10.2 Å². The summed E-state index contributed by atoms with van der Waals surface area (Å²) in [7, 11) is 0. The lowest BCUT2D eigenvalue weighted by molar-refractivity contribution is -0.115. The standard InChI is InChI=1S/C11H12BrN5OS/c1-7(19-11-16-14-6-17(11)13)10(18)15-9-4-2-3-8(12)5-9/h2-7H,13H2,1H3,(H,15,18)/t7-/m0/s1. The number of aromatic nitrogens is 3. The van der Waals surface area contributed by atoms with Crippen LogP contribution in [0.1, 0.15) is 6.92 Å². The molecule has 3 N–H and O–H groups in total. The van der Waals surface area contributed by atoms with Crippen LogP contribution in [0.4, 0.5) is 5.69 Å². The molecule has 100 valence electrons. The first kappa shape index (κ1) is 13.9. The van der Waals surface area contributed by atoms with Crippen molar-refractivity contribution < 1.29 is 4.79 Å². The molecule has 0 aliphatic rings. The van der Waals surface area contributed by atoms with Gasteiger partial charge < -0.3 is 11.2 Å². The summed E-state index contributed by atoms with van der Waals surface area (Å²) in [5.74, 6) is 5.48. The molecule has 2 rings (SSSR count). The molecule has 1 heterocycles. The molecule has 1 aromatic heterocycles. The van der Waals surface area contributed by atoms with Crippen molar-refractivity contribution in [3.8, 4) is 0 Å². The van der Waals surface area contributed by atoms with Crippen LogP contribution in [-0.2, 0) is 4.79 Å². The zero-order valence-corrected chi connectivity index (χ0v) is 12.5. The number of nitrogens with one attached hydrogen (secondary N) is 1. The molecule has 1 amide bonds. The summed E-state index contributed by atoms with van der Waals surface area (Å²) in [6.45, 7) is 1.78. The Morgan fingerprint density at radius 1 is 1.58 bits per heavy atom. The first-order valence-corrected chi connectivity index (χ1v) is 7.11. The number of nitrogen functional groups attached to an aromatic ring is 1. The molecular formula is C11H12BrN5OS.